The van der Waals surface area contributed by atoms with E-state index in [9.17, 15) is 13.2 Å². The monoisotopic (exact) mass is 483 g/mol. The van der Waals surface area contributed by atoms with Gasteiger partial charge in [0, 0.05) is 38.0 Å². The lowest BCUT2D eigenvalue weighted by atomic mass is 9.96. The van der Waals surface area contributed by atoms with Gasteiger partial charge in [-0.25, -0.2) is 8.42 Å². The van der Waals surface area contributed by atoms with Crippen LogP contribution in [0.4, 0.5) is 5.69 Å². The van der Waals surface area contributed by atoms with Gasteiger partial charge in [0.1, 0.15) is 11.9 Å². The Morgan fingerprint density at radius 3 is 2.47 bits per heavy atom. The Morgan fingerprint density at radius 1 is 1.09 bits per heavy atom. The molecule has 4 rings (SSSR count). The minimum absolute atomic E-state index is 0.0578. The molecule has 1 saturated heterocycles. The number of carbonyl (C=O) groups is 1. The number of rotatable bonds is 7. The van der Waals surface area contributed by atoms with Crippen molar-refractivity contribution >= 4 is 27.7 Å². The van der Waals surface area contributed by atoms with Crippen molar-refractivity contribution in [3.05, 3.63) is 65.6 Å². The first kappa shape index (κ1) is 24.3. The van der Waals surface area contributed by atoms with Crippen LogP contribution in [0.25, 0.3) is 6.08 Å². The molecule has 0 radical (unpaired) electrons. The zero-order valence-electron chi connectivity index (χ0n) is 19.8. The van der Waals surface area contributed by atoms with Crippen LogP contribution in [-0.2, 0) is 14.8 Å². The second kappa shape index (κ2) is 10.6. The summed E-state index contributed by atoms with van der Waals surface area (Å²) in [5, 5.41) is 1.26. The number of hydrogen-bond acceptors (Lipinski definition) is 5. The molecule has 2 aliphatic rings. The Balaban J connectivity index is 1.30. The quantitative estimate of drug-likeness (QED) is 0.603. The van der Waals surface area contributed by atoms with E-state index in [4.69, 9.17) is 4.74 Å². The molecule has 1 atom stereocenters. The van der Waals surface area contributed by atoms with Crippen molar-refractivity contribution in [2.24, 2.45) is 5.92 Å². The average molecular weight is 484 g/mol. The molecule has 0 N–H and O–H groups in total. The molecule has 1 unspecified atom stereocenters. The van der Waals surface area contributed by atoms with Gasteiger partial charge < -0.3 is 14.5 Å². The van der Waals surface area contributed by atoms with Crippen molar-refractivity contribution in [3.8, 4) is 5.75 Å². The first-order valence-electron chi connectivity index (χ1n) is 11.9. The highest BCUT2D eigenvalue weighted by Crippen LogP contribution is 2.33. The maximum Gasteiger partial charge on any atom is 0.236 e. The van der Waals surface area contributed by atoms with E-state index in [2.05, 4.69) is 17.9 Å². The lowest BCUT2D eigenvalue weighted by Crippen LogP contribution is -2.49. The standard InChI is InChI=1S/C26H33N3O4S/c1-3-28-20-23(33-25-12-8-7-11-24(25)28)19-27(2)26(30)22-13-16-29(17-14-22)34(31,32)18-15-21-9-5-4-6-10-21/h4-12,15,18,22-23H,3,13-14,16-17,19-20H2,1-2H3/b18-15+. The summed E-state index contributed by atoms with van der Waals surface area (Å²) in [6, 6.07) is 17.3. The van der Waals surface area contributed by atoms with Crippen molar-refractivity contribution in [2.75, 3.05) is 44.7 Å². The topological polar surface area (TPSA) is 70.2 Å². The number of hydrogen-bond donors (Lipinski definition) is 0. The highest BCUT2D eigenvalue weighted by Gasteiger charge is 2.33. The Morgan fingerprint density at radius 2 is 1.76 bits per heavy atom. The number of anilines is 1. The summed E-state index contributed by atoms with van der Waals surface area (Å²) in [4.78, 5) is 17.1. The fraction of sp³-hybridized carbons (Fsp3) is 0.423. The summed E-state index contributed by atoms with van der Waals surface area (Å²) in [6.07, 6.45) is 2.56. The molecule has 34 heavy (non-hydrogen) atoms. The Hall–Kier alpha value is -2.84. The van der Waals surface area contributed by atoms with Crippen molar-refractivity contribution in [1.29, 1.82) is 0 Å². The number of ether oxygens (including phenoxy) is 1. The molecule has 8 heteroatoms. The highest BCUT2D eigenvalue weighted by atomic mass is 32.2. The Labute approximate surface area is 202 Å². The average Bonchev–Trinajstić information content (AvgIpc) is 2.87. The molecule has 0 aliphatic carbocycles. The summed E-state index contributed by atoms with van der Waals surface area (Å²) in [5.41, 5.74) is 1.93. The van der Waals surface area contributed by atoms with Gasteiger partial charge in [-0.1, -0.05) is 42.5 Å². The van der Waals surface area contributed by atoms with Gasteiger partial charge in [-0.05, 0) is 43.5 Å². The van der Waals surface area contributed by atoms with Crippen LogP contribution in [0.3, 0.4) is 0 Å². The van der Waals surface area contributed by atoms with E-state index in [1.54, 1.807) is 11.0 Å². The molecule has 0 aromatic heterocycles. The number of piperidine rings is 1. The molecule has 7 nitrogen and oxygen atoms in total. The van der Waals surface area contributed by atoms with Crippen LogP contribution in [0.1, 0.15) is 25.3 Å². The summed E-state index contributed by atoms with van der Waals surface area (Å²) in [7, 11) is -1.70. The van der Waals surface area contributed by atoms with Crippen LogP contribution in [0.15, 0.2) is 60.0 Å². The van der Waals surface area contributed by atoms with E-state index in [0.29, 0.717) is 32.5 Å². The number of carbonyl (C=O) groups excluding carboxylic acids is 1. The predicted octanol–water partition coefficient (Wildman–Crippen LogP) is 3.45. The van der Waals surface area contributed by atoms with E-state index in [0.717, 1.165) is 30.1 Å². The van der Waals surface area contributed by atoms with E-state index >= 15 is 0 Å². The molecule has 0 saturated carbocycles. The Kier molecular flexibility index (Phi) is 7.58. The van der Waals surface area contributed by atoms with Crippen LogP contribution in [-0.4, -0.2) is 69.4 Å². The fourth-order valence-corrected chi connectivity index (χ4v) is 5.87. The van der Waals surface area contributed by atoms with Crippen molar-refractivity contribution in [3.63, 3.8) is 0 Å². The first-order chi connectivity index (χ1) is 16.4. The van der Waals surface area contributed by atoms with E-state index in [1.165, 1.54) is 9.71 Å². The summed E-state index contributed by atoms with van der Waals surface area (Å²) in [5.74, 6) is 0.735. The fourth-order valence-electron chi connectivity index (χ4n) is 4.65. The summed E-state index contributed by atoms with van der Waals surface area (Å²) in [6.45, 7) is 4.92. The van der Waals surface area contributed by atoms with Gasteiger partial charge >= 0.3 is 0 Å². The van der Waals surface area contributed by atoms with E-state index in [1.807, 2.05) is 55.6 Å². The van der Waals surface area contributed by atoms with Crippen LogP contribution in [0.5, 0.6) is 5.75 Å². The molecule has 1 amide bonds. The van der Waals surface area contributed by atoms with Gasteiger partial charge in [-0.15, -0.1) is 0 Å². The van der Waals surface area contributed by atoms with Crippen LogP contribution in [0, 0.1) is 5.92 Å². The first-order valence-corrected chi connectivity index (χ1v) is 13.4. The molecule has 1 fully saturated rings. The highest BCUT2D eigenvalue weighted by molar-refractivity contribution is 7.92. The van der Waals surface area contributed by atoms with Crippen molar-refractivity contribution < 1.29 is 17.9 Å². The van der Waals surface area contributed by atoms with Crippen molar-refractivity contribution in [1.82, 2.24) is 9.21 Å². The molecule has 0 spiro atoms. The normalized spacial score (nSPS) is 19.6. The van der Waals surface area contributed by atoms with Crippen LogP contribution < -0.4 is 9.64 Å². The maximum atomic E-state index is 13.1. The number of sulfonamides is 1. The largest absolute Gasteiger partial charge is 0.485 e. The molecule has 2 heterocycles. The lowest BCUT2D eigenvalue weighted by Gasteiger charge is -2.38. The van der Waals surface area contributed by atoms with Gasteiger partial charge in [-0.3, -0.25) is 4.79 Å². The zero-order chi connectivity index (χ0) is 24.1. The predicted molar refractivity (Wildman–Crippen MR) is 135 cm³/mol. The smallest absolute Gasteiger partial charge is 0.236 e. The van der Waals surface area contributed by atoms with E-state index < -0.39 is 10.0 Å². The maximum absolute atomic E-state index is 13.1. The molecule has 2 aliphatic heterocycles. The van der Waals surface area contributed by atoms with Gasteiger partial charge in [0.05, 0.1) is 18.8 Å². The summed E-state index contributed by atoms with van der Waals surface area (Å²) >= 11 is 0. The molecule has 2 aromatic rings. The lowest BCUT2D eigenvalue weighted by molar-refractivity contribution is -0.136. The molecular formula is C26H33N3O4S. The van der Waals surface area contributed by atoms with Gasteiger partial charge in [0.25, 0.3) is 0 Å². The number of fused-ring (bicyclic) bond motifs is 1. The number of para-hydroxylation sites is 2. The molecule has 0 bridgehead atoms. The molecule has 2 aromatic carbocycles. The van der Waals surface area contributed by atoms with Gasteiger partial charge in [-0.2, -0.15) is 4.31 Å². The van der Waals surface area contributed by atoms with Gasteiger partial charge in [0.2, 0.25) is 15.9 Å². The van der Waals surface area contributed by atoms with Crippen LogP contribution in [0.2, 0.25) is 0 Å². The number of nitrogens with zero attached hydrogens (tertiary/aromatic N) is 3. The minimum atomic E-state index is -3.51. The molecular weight excluding hydrogens is 450 g/mol. The van der Waals surface area contributed by atoms with Gasteiger partial charge in [0.15, 0.2) is 0 Å². The van der Waals surface area contributed by atoms with Crippen molar-refractivity contribution in [2.45, 2.75) is 25.9 Å². The second-order valence-corrected chi connectivity index (χ2v) is 10.7. The SMILES string of the molecule is CCN1CC(CN(C)C(=O)C2CCN(S(=O)(=O)/C=C/c3ccccc3)CC2)Oc2ccccc21. The number of benzene rings is 2. The molecule has 182 valence electrons. The zero-order valence-corrected chi connectivity index (χ0v) is 20.7. The third-order valence-electron chi connectivity index (χ3n) is 6.55. The number of likely N-dealkylation sites (N-methyl/N-ethyl adjacent to an activating group) is 2. The third kappa shape index (κ3) is 5.62. The second-order valence-electron chi connectivity index (χ2n) is 8.90. The Bertz CT molecular complexity index is 1110. The summed E-state index contributed by atoms with van der Waals surface area (Å²) < 4.78 is 33.1. The van der Waals surface area contributed by atoms with Crippen LogP contribution >= 0.6 is 0 Å². The minimum Gasteiger partial charge on any atom is -0.485 e. The third-order valence-corrected chi connectivity index (χ3v) is 8.12. The number of amides is 1. The van der Waals surface area contributed by atoms with E-state index in [-0.39, 0.29) is 17.9 Å².